The number of amides is 1. The van der Waals surface area contributed by atoms with E-state index in [2.05, 4.69) is 0 Å². The summed E-state index contributed by atoms with van der Waals surface area (Å²) in [6.45, 7) is 3.87. The van der Waals surface area contributed by atoms with E-state index < -0.39 is 42.5 Å². The van der Waals surface area contributed by atoms with E-state index in [1.165, 1.54) is 0 Å². The maximum absolute atomic E-state index is 11.3. The Labute approximate surface area is 162 Å². The van der Waals surface area contributed by atoms with Crippen molar-refractivity contribution in [3.8, 4) is 0 Å². The minimum atomic E-state index is -1.51. The molecule has 0 aliphatic rings. The molecule has 10 nitrogen and oxygen atoms in total. The molecule has 1 rings (SSSR count). The number of hydrogen-bond donors (Lipinski definition) is 5. The second kappa shape index (κ2) is 13.1. The van der Waals surface area contributed by atoms with Crippen LogP contribution in [0.3, 0.4) is 0 Å². The van der Waals surface area contributed by atoms with Gasteiger partial charge >= 0.3 is 24.0 Å². The van der Waals surface area contributed by atoms with Gasteiger partial charge < -0.3 is 31.1 Å². The number of carbonyl (C=O) groups is 4. The Hall–Kier alpha value is -3.14. The van der Waals surface area contributed by atoms with Gasteiger partial charge in [-0.2, -0.15) is 0 Å². The van der Waals surface area contributed by atoms with Gasteiger partial charge in [-0.1, -0.05) is 44.2 Å². The first kappa shape index (κ1) is 24.9. The molecule has 0 heterocycles. The lowest BCUT2D eigenvalue weighted by atomic mass is 10.1. The topological polar surface area (TPSA) is 176 Å². The fourth-order valence-electron chi connectivity index (χ4n) is 1.89. The molecule has 10 heteroatoms. The van der Waals surface area contributed by atoms with E-state index in [4.69, 9.17) is 25.8 Å². The van der Waals surface area contributed by atoms with Crippen molar-refractivity contribution in [2.24, 2.45) is 11.7 Å². The zero-order chi connectivity index (χ0) is 21.7. The predicted molar refractivity (Wildman–Crippen MR) is 98.5 cm³/mol. The molecule has 6 N–H and O–H groups in total. The fourth-order valence-corrected chi connectivity index (χ4v) is 1.89. The van der Waals surface area contributed by atoms with Crippen LogP contribution in [0.25, 0.3) is 0 Å². The van der Waals surface area contributed by atoms with Crippen molar-refractivity contribution in [1.29, 1.82) is 0 Å². The smallest absolute Gasteiger partial charge is 0.408 e. The molecule has 0 bridgehead atoms. The van der Waals surface area contributed by atoms with Crippen LogP contribution in [0.1, 0.15) is 32.3 Å². The maximum atomic E-state index is 11.3. The number of carboxylic acid groups (broad SMARTS) is 3. The number of alkyl carbamates (subject to hydrolysis) is 1. The highest BCUT2D eigenvalue weighted by molar-refractivity contribution is 5.84. The molecule has 1 aromatic carbocycles. The van der Waals surface area contributed by atoms with Crippen molar-refractivity contribution < 1.29 is 39.2 Å². The lowest BCUT2D eigenvalue weighted by Gasteiger charge is -2.12. The van der Waals surface area contributed by atoms with Crippen LogP contribution < -0.4 is 11.1 Å². The Balaban J connectivity index is 0.000000684. The molecule has 0 radical (unpaired) electrons. The van der Waals surface area contributed by atoms with Crippen LogP contribution in [0, 0.1) is 5.92 Å². The zero-order valence-electron chi connectivity index (χ0n) is 15.7. The first-order valence-corrected chi connectivity index (χ1v) is 8.43. The number of rotatable bonds is 9. The highest BCUT2D eigenvalue weighted by Crippen LogP contribution is 2.02. The number of benzene rings is 1. The Bertz CT molecular complexity index is 648. The van der Waals surface area contributed by atoms with Gasteiger partial charge in [0, 0.05) is 0 Å². The van der Waals surface area contributed by atoms with Crippen molar-refractivity contribution >= 4 is 24.0 Å². The monoisotopic (exact) mass is 398 g/mol. The van der Waals surface area contributed by atoms with Gasteiger partial charge in [0.25, 0.3) is 0 Å². The number of aliphatic carboxylic acids is 3. The minimum Gasteiger partial charge on any atom is -0.481 e. The molecule has 0 fully saturated rings. The fraction of sp³-hybridized carbons (Fsp3) is 0.444. The third kappa shape index (κ3) is 12.3. The van der Waals surface area contributed by atoms with Crippen molar-refractivity contribution in [2.45, 2.75) is 45.4 Å². The molecule has 0 spiro atoms. The molecule has 156 valence electrons. The summed E-state index contributed by atoms with van der Waals surface area (Å²) >= 11 is 0. The summed E-state index contributed by atoms with van der Waals surface area (Å²) in [6.07, 6.45) is -1.14. The van der Waals surface area contributed by atoms with Crippen LogP contribution in [0.5, 0.6) is 0 Å². The maximum Gasteiger partial charge on any atom is 0.408 e. The van der Waals surface area contributed by atoms with E-state index in [0.717, 1.165) is 5.56 Å². The largest absolute Gasteiger partial charge is 0.481 e. The molecule has 1 aromatic rings. The van der Waals surface area contributed by atoms with Crippen molar-refractivity contribution in [3.63, 3.8) is 0 Å². The second-order valence-corrected chi connectivity index (χ2v) is 6.27. The number of nitrogens with one attached hydrogen (secondary N) is 1. The molecule has 0 aromatic heterocycles. The van der Waals surface area contributed by atoms with E-state index in [1.54, 1.807) is 30.3 Å². The van der Waals surface area contributed by atoms with E-state index in [0.29, 0.717) is 12.3 Å². The molecular weight excluding hydrogens is 372 g/mol. The first-order valence-electron chi connectivity index (χ1n) is 8.43. The van der Waals surface area contributed by atoms with Crippen LogP contribution >= 0.6 is 0 Å². The van der Waals surface area contributed by atoms with E-state index >= 15 is 0 Å². The summed E-state index contributed by atoms with van der Waals surface area (Å²) in [5, 5.41) is 27.5. The Morgan fingerprint density at radius 1 is 1.04 bits per heavy atom. The van der Waals surface area contributed by atoms with Crippen LogP contribution in [0.4, 0.5) is 4.79 Å². The number of carboxylic acids is 3. The predicted octanol–water partition coefficient (Wildman–Crippen LogP) is 1.29. The highest BCUT2D eigenvalue weighted by Gasteiger charge is 2.23. The van der Waals surface area contributed by atoms with E-state index in [9.17, 15) is 19.2 Å². The van der Waals surface area contributed by atoms with Crippen LogP contribution in [0.15, 0.2) is 30.3 Å². The molecule has 1 amide bonds. The summed E-state index contributed by atoms with van der Waals surface area (Å²) in [5.41, 5.74) is 5.96. The Morgan fingerprint density at radius 3 is 2.00 bits per heavy atom. The zero-order valence-corrected chi connectivity index (χ0v) is 15.7. The van der Waals surface area contributed by atoms with E-state index in [1.807, 2.05) is 19.2 Å². The lowest BCUT2D eigenvalue weighted by molar-refractivity contribution is -0.145. The number of ether oxygens (including phenoxy) is 1. The van der Waals surface area contributed by atoms with Crippen LogP contribution in [-0.2, 0) is 25.7 Å². The number of carbonyl (C=O) groups excluding carboxylic acids is 1. The van der Waals surface area contributed by atoms with Crippen molar-refractivity contribution in [3.05, 3.63) is 35.9 Å². The molecule has 0 aliphatic carbocycles. The van der Waals surface area contributed by atoms with Gasteiger partial charge in [-0.15, -0.1) is 0 Å². The second-order valence-electron chi connectivity index (χ2n) is 6.27. The highest BCUT2D eigenvalue weighted by atomic mass is 16.5. The molecule has 0 saturated heterocycles. The van der Waals surface area contributed by atoms with Gasteiger partial charge in [0.2, 0.25) is 0 Å². The summed E-state index contributed by atoms with van der Waals surface area (Å²) in [4.78, 5) is 42.6. The molecular formula is C18H26N2O8. The minimum absolute atomic E-state index is 0.0217. The summed E-state index contributed by atoms with van der Waals surface area (Å²) in [6, 6.07) is 6.60. The average Bonchev–Trinajstić information content (AvgIpc) is 2.59. The van der Waals surface area contributed by atoms with Gasteiger partial charge in [0.1, 0.15) is 18.7 Å². The summed E-state index contributed by atoms with van der Waals surface area (Å²) < 4.78 is 4.78. The van der Waals surface area contributed by atoms with Gasteiger partial charge in [-0.3, -0.25) is 9.59 Å². The molecule has 2 atom stereocenters. The van der Waals surface area contributed by atoms with Crippen molar-refractivity contribution in [1.82, 2.24) is 5.32 Å². The lowest BCUT2D eigenvalue weighted by Crippen LogP contribution is -2.42. The first-order chi connectivity index (χ1) is 13.0. The van der Waals surface area contributed by atoms with Gasteiger partial charge in [-0.25, -0.2) is 9.59 Å². The number of hydrogen-bond acceptors (Lipinski definition) is 6. The van der Waals surface area contributed by atoms with Gasteiger partial charge in [-0.05, 0) is 17.9 Å². The Kier molecular flexibility index (Phi) is 11.6. The van der Waals surface area contributed by atoms with Gasteiger partial charge in [0.15, 0.2) is 0 Å². The van der Waals surface area contributed by atoms with Crippen LogP contribution in [-0.4, -0.2) is 51.4 Å². The molecule has 0 saturated carbocycles. The quantitative estimate of drug-likeness (QED) is 0.410. The third-order valence-electron chi connectivity index (χ3n) is 3.22. The van der Waals surface area contributed by atoms with Gasteiger partial charge in [0.05, 0.1) is 6.42 Å². The normalized spacial score (nSPS) is 12.1. The molecule has 0 unspecified atom stereocenters. The summed E-state index contributed by atoms with van der Waals surface area (Å²) in [5.74, 6) is -3.31. The van der Waals surface area contributed by atoms with Crippen molar-refractivity contribution in [2.75, 3.05) is 0 Å². The number of nitrogens with two attached hydrogens (primary N) is 1. The third-order valence-corrected chi connectivity index (χ3v) is 3.22. The van der Waals surface area contributed by atoms with E-state index in [-0.39, 0.29) is 6.61 Å². The Morgan fingerprint density at radius 2 is 1.61 bits per heavy atom. The standard InChI is InChI=1S/C12H13NO6.C6H13NO2/c14-10(15)6-9(11(16)17)13-12(18)19-7-8-4-2-1-3-5-8;1-4(2)3-5(7)6(8)9/h1-5,9H,6-7H2,(H,13,18)(H,14,15)(H,16,17);4-5H,3,7H2,1-2H3,(H,8,9)/t9-;5-/m00/s1. The summed E-state index contributed by atoms with van der Waals surface area (Å²) in [7, 11) is 0. The average molecular weight is 398 g/mol. The molecule has 0 aliphatic heterocycles. The SMILES string of the molecule is CC(C)C[C@H](N)C(=O)O.O=C(O)C[C@H](NC(=O)OCc1ccccc1)C(=O)O. The van der Waals surface area contributed by atoms with Crippen LogP contribution in [0.2, 0.25) is 0 Å². The molecule has 28 heavy (non-hydrogen) atoms.